The molecule has 4 heterocycles. The highest BCUT2D eigenvalue weighted by molar-refractivity contribution is 7.91. The van der Waals surface area contributed by atoms with Gasteiger partial charge < -0.3 is 4.74 Å². The summed E-state index contributed by atoms with van der Waals surface area (Å²) in [6.45, 7) is 1.41. The SMILES string of the molecule is CS(=O)(=O)C1NC2C(F)C(Cl)NC3OC[C@@H]4CCCCN4C(N1)C32. The highest BCUT2D eigenvalue weighted by Gasteiger charge is 2.56. The molecular formula is C14H24ClFN4O3S. The zero-order valence-electron chi connectivity index (χ0n) is 13.5. The predicted molar refractivity (Wildman–Crippen MR) is 87.7 cm³/mol. The number of hydrogen-bond acceptors (Lipinski definition) is 7. The molecule has 8 atom stereocenters. The third-order valence-corrected chi connectivity index (χ3v) is 7.16. The van der Waals surface area contributed by atoms with Crippen molar-refractivity contribution in [1.82, 2.24) is 20.9 Å². The second-order valence-corrected chi connectivity index (χ2v) is 9.85. The lowest BCUT2D eigenvalue weighted by Crippen LogP contribution is -2.78. The van der Waals surface area contributed by atoms with E-state index in [1.54, 1.807) is 0 Å². The zero-order valence-corrected chi connectivity index (χ0v) is 15.1. The smallest absolute Gasteiger partial charge is 0.177 e. The van der Waals surface area contributed by atoms with Gasteiger partial charge in [0.2, 0.25) is 0 Å². The lowest BCUT2D eigenvalue weighted by molar-refractivity contribution is -0.0812. The number of halogens is 2. The summed E-state index contributed by atoms with van der Waals surface area (Å²) in [6.07, 6.45) is 2.28. The monoisotopic (exact) mass is 382 g/mol. The summed E-state index contributed by atoms with van der Waals surface area (Å²) in [6, 6.07) is -0.458. The Morgan fingerprint density at radius 2 is 2.04 bits per heavy atom. The topological polar surface area (TPSA) is 82.7 Å². The molecule has 0 radical (unpaired) electrons. The molecule has 4 saturated heterocycles. The first-order valence-corrected chi connectivity index (χ1v) is 10.9. The minimum atomic E-state index is -3.42. The van der Waals surface area contributed by atoms with Crippen molar-refractivity contribution < 1.29 is 17.5 Å². The van der Waals surface area contributed by atoms with E-state index in [2.05, 4.69) is 20.9 Å². The Morgan fingerprint density at radius 3 is 2.79 bits per heavy atom. The molecule has 4 rings (SSSR count). The first kappa shape index (κ1) is 17.4. The van der Waals surface area contributed by atoms with Crippen LogP contribution < -0.4 is 16.0 Å². The van der Waals surface area contributed by atoms with Crippen LogP contribution in [0.25, 0.3) is 0 Å². The Kier molecular flexibility index (Phi) is 4.56. The number of hydrogen-bond donors (Lipinski definition) is 3. The molecule has 4 aliphatic heterocycles. The van der Waals surface area contributed by atoms with Gasteiger partial charge in [0.15, 0.2) is 15.3 Å². The highest BCUT2D eigenvalue weighted by atomic mass is 35.5. The molecule has 4 fully saturated rings. The molecule has 3 N–H and O–H groups in total. The Hall–Kier alpha value is -0.0300. The third kappa shape index (κ3) is 2.87. The molecule has 0 aliphatic carbocycles. The maximum atomic E-state index is 14.8. The molecule has 0 aromatic rings. The minimum Gasteiger partial charge on any atom is -0.361 e. The normalized spacial score (nSPS) is 49.8. The van der Waals surface area contributed by atoms with Gasteiger partial charge in [0.25, 0.3) is 0 Å². The number of rotatable bonds is 1. The Bertz CT molecular complexity index is 597. The summed E-state index contributed by atoms with van der Waals surface area (Å²) in [5.74, 6) is -0.254. The van der Waals surface area contributed by atoms with Crippen LogP contribution in [0.2, 0.25) is 0 Å². The van der Waals surface area contributed by atoms with Crippen LogP contribution in [0, 0.1) is 5.92 Å². The minimum absolute atomic E-state index is 0.217. The summed E-state index contributed by atoms with van der Waals surface area (Å²) in [7, 11) is -3.42. The molecule has 10 heteroatoms. The van der Waals surface area contributed by atoms with Crippen LogP contribution in [-0.4, -0.2) is 74.4 Å². The largest absolute Gasteiger partial charge is 0.361 e. The van der Waals surface area contributed by atoms with Crippen LogP contribution in [0.1, 0.15) is 19.3 Å². The maximum Gasteiger partial charge on any atom is 0.177 e. The van der Waals surface area contributed by atoms with Gasteiger partial charge in [-0.05, 0) is 12.8 Å². The van der Waals surface area contributed by atoms with E-state index in [4.69, 9.17) is 16.3 Å². The standard InChI is InChI=1S/C14H24ClFN4O3S/c1-24(21,22)14-17-10-8-12(19-14)20-5-3-2-4-7(20)6-23-13(8)18-11(15)9(10)16/h7-14,17-19H,2-6H2,1H3/t7-,8?,9?,10?,11?,12?,13?,14?/m0/s1. The van der Waals surface area contributed by atoms with Gasteiger partial charge in [-0.1, -0.05) is 6.42 Å². The lowest BCUT2D eigenvalue weighted by Gasteiger charge is -2.53. The molecule has 7 nitrogen and oxygen atoms in total. The van der Waals surface area contributed by atoms with E-state index in [0.717, 1.165) is 32.1 Å². The molecule has 0 aromatic heterocycles. The molecule has 0 bridgehead atoms. The quantitative estimate of drug-likeness (QED) is 0.418. The summed E-state index contributed by atoms with van der Waals surface area (Å²) in [5.41, 5.74) is -1.89. The number of sulfone groups is 1. The first-order valence-electron chi connectivity index (χ1n) is 8.49. The van der Waals surface area contributed by atoms with Gasteiger partial charge in [0, 0.05) is 24.8 Å². The first-order chi connectivity index (χ1) is 11.4. The van der Waals surface area contributed by atoms with E-state index in [1.165, 1.54) is 0 Å². The maximum absolute atomic E-state index is 14.8. The van der Waals surface area contributed by atoms with Crippen LogP contribution >= 0.6 is 11.6 Å². The molecule has 4 aliphatic rings. The molecule has 7 unspecified atom stereocenters. The second kappa shape index (κ2) is 6.29. The predicted octanol–water partition coefficient (Wildman–Crippen LogP) is -0.465. The Balaban J connectivity index is 1.72. The second-order valence-electron chi connectivity index (χ2n) is 7.25. The summed E-state index contributed by atoms with van der Waals surface area (Å²) in [4.78, 5) is 2.27. The van der Waals surface area contributed by atoms with Gasteiger partial charge in [0.05, 0.1) is 18.8 Å². The molecule has 0 aromatic carbocycles. The van der Waals surface area contributed by atoms with Gasteiger partial charge in [-0.15, -0.1) is 11.6 Å². The molecule has 0 spiro atoms. The average molecular weight is 383 g/mol. The van der Waals surface area contributed by atoms with Gasteiger partial charge in [-0.3, -0.25) is 20.9 Å². The van der Waals surface area contributed by atoms with Gasteiger partial charge >= 0.3 is 0 Å². The van der Waals surface area contributed by atoms with Crippen molar-refractivity contribution in [1.29, 1.82) is 0 Å². The summed E-state index contributed by atoms with van der Waals surface area (Å²) < 4.78 is 45.0. The van der Waals surface area contributed by atoms with Crippen LogP contribution in [0.5, 0.6) is 0 Å². The molecular weight excluding hydrogens is 359 g/mol. The van der Waals surface area contributed by atoms with Crippen LogP contribution in [0.4, 0.5) is 4.39 Å². The van der Waals surface area contributed by atoms with E-state index in [1.807, 2.05) is 0 Å². The number of ether oxygens (including phenoxy) is 1. The lowest BCUT2D eigenvalue weighted by atomic mass is 9.84. The molecule has 138 valence electrons. The molecule has 24 heavy (non-hydrogen) atoms. The summed E-state index contributed by atoms with van der Waals surface area (Å²) in [5, 5.41) is 9.13. The molecule has 0 saturated carbocycles. The van der Waals surface area contributed by atoms with E-state index in [-0.39, 0.29) is 18.1 Å². The van der Waals surface area contributed by atoms with Crippen molar-refractivity contribution in [3.05, 3.63) is 0 Å². The van der Waals surface area contributed by atoms with Crippen LogP contribution in [0.3, 0.4) is 0 Å². The number of fused-ring (bicyclic) bond motifs is 2. The average Bonchev–Trinajstić information content (AvgIpc) is 2.70. The fraction of sp³-hybridized carbons (Fsp3) is 1.00. The number of alkyl halides is 2. The van der Waals surface area contributed by atoms with Gasteiger partial charge in [-0.2, -0.15) is 0 Å². The van der Waals surface area contributed by atoms with Crippen molar-refractivity contribution in [2.45, 2.75) is 60.9 Å². The van der Waals surface area contributed by atoms with Crippen molar-refractivity contribution in [3.63, 3.8) is 0 Å². The number of nitrogens with one attached hydrogen (secondary N) is 3. The van der Waals surface area contributed by atoms with Gasteiger partial charge in [0.1, 0.15) is 17.9 Å². The highest BCUT2D eigenvalue weighted by Crippen LogP contribution is 2.37. The van der Waals surface area contributed by atoms with E-state index >= 15 is 0 Å². The fourth-order valence-electron chi connectivity index (χ4n) is 4.50. The Morgan fingerprint density at radius 1 is 1.25 bits per heavy atom. The van der Waals surface area contributed by atoms with Crippen molar-refractivity contribution in [3.8, 4) is 0 Å². The van der Waals surface area contributed by atoms with E-state index in [0.29, 0.717) is 6.61 Å². The number of piperidine rings is 2. The summed E-state index contributed by atoms with van der Waals surface area (Å²) >= 11 is 6.11. The third-order valence-electron chi connectivity index (χ3n) is 5.67. The van der Waals surface area contributed by atoms with Crippen molar-refractivity contribution in [2.75, 3.05) is 19.4 Å². The zero-order chi connectivity index (χ0) is 17.1. The van der Waals surface area contributed by atoms with Crippen LogP contribution in [-0.2, 0) is 14.6 Å². The number of nitrogens with zero attached hydrogens (tertiary/aromatic N) is 1. The van der Waals surface area contributed by atoms with Crippen LogP contribution in [0.15, 0.2) is 0 Å². The fourth-order valence-corrected chi connectivity index (χ4v) is 5.57. The van der Waals surface area contributed by atoms with Crippen molar-refractivity contribution in [2.24, 2.45) is 5.92 Å². The van der Waals surface area contributed by atoms with Crippen molar-refractivity contribution >= 4 is 21.4 Å². The van der Waals surface area contributed by atoms with E-state index in [9.17, 15) is 12.8 Å². The van der Waals surface area contributed by atoms with E-state index < -0.39 is 39.3 Å². The Labute approximate surface area is 146 Å². The van der Waals surface area contributed by atoms with Gasteiger partial charge in [-0.25, -0.2) is 12.8 Å². The molecule has 0 amide bonds.